The molecule has 2 amide bonds. The largest absolute Gasteiger partial charge is 0.450 e. The van der Waals surface area contributed by atoms with Crippen molar-refractivity contribution in [1.82, 2.24) is 4.90 Å². The van der Waals surface area contributed by atoms with Gasteiger partial charge in [0.2, 0.25) is 5.75 Å². The molecule has 164 valence electrons. The van der Waals surface area contributed by atoms with Gasteiger partial charge >= 0.3 is 5.69 Å². The second-order valence-electron chi connectivity index (χ2n) is 6.71. The molecule has 0 saturated heterocycles. The van der Waals surface area contributed by atoms with E-state index in [0.29, 0.717) is 21.9 Å². The highest BCUT2D eigenvalue weighted by Crippen LogP contribution is 2.34. The van der Waals surface area contributed by atoms with Crippen LogP contribution in [-0.2, 0) is 0 Å². The van der Waals surface area contributed by atoms with Crippen molar-refractivity contribution < 1.29 is 19.2 Å². The fourth-order valence-electron chi connectivity index (χ4n) is 2.56. The standard InChI is InChI=1S/C22H18ClN3O5S/c1-25(2)22(28)32-20-6-4-3-5-17(20)24-21(27)14-7-10-16(11-8-14)31-19-12-9-15(23)13-18(19)26(29)30/h3-13H,1-2H3,(H,24,27). The molecule has 0 fully saturated rings. The molecule has 0 aliphatic carbocycles. The summed E-state index contributed by atoms with van der Waals surface area (Å²) in [5.41, 5.74) is 0.595. The second kappa shape index (κ2) is 10.2. The maximum atomic E-state index is 12.7. The number of hydrogen-bond acceptors (Lipinski definition) is 6. The van der Waals surface area contributed by atoms with Gasteiger partial charge in [-0.1, -0.05) is 23.7 Å². The van der Waals surface area contributed by atoms with E-state index in [1.54, 1.807) is 38.4 Å². The number of ether oxygens (including phenoxy) is 1. The first-order valence-electron chi connectivity index (χ1n) is 9.26. The van der Waals surface area contributed by atoms with Crippen LogP contribution < -0.4 is 10.1 Å². The Labute approximate surface area is 193 Å². The highest BCUT2D eigenvalue weighted by molar-refractivity contribution is 8.13. The van der Waals surface area contributed by atoms with E-state index in [1.165, 1.54) is 47.4 Å². The summed E-state index contributed by atoms with van der Waals surface area (Å²) in [6.07, 6.45) is 0. The summed E-state index contributed by atoms with van der Waals surface area (Å²) < 4.78 is 5.59. The number of rotatable bonds is 6. The van der Waals surface area contributed by atoms with Crippen LogP contribution in [0.2, 0.25) is 5.02 Å². The van der Waals surface area contributed by atoms with Crippen LogP contribution in [0.1, 0.15) is 10.4 Å². The third-order valence-electron chi connectivity index (χ3n) is 4.16. The Bertz CT molecular complexity index is 1170. The lowest BCUT2D eigenvalue weighted by Gasteiger charge is -2.13. The molecule has 8 nitrogen and oxygen atoms in total. The van der Waals surface area contributed by atoms with Gasteiger partial charge in [-0.2, -0.15) is 0 Å². The van der Waals surface area contributed by atoms with Gasteiger partial charge < -0.3 is 15.0 Å². The summed E-state index contributed by atoms with van der Waals surface area (Å²) in [6.45, 7) is 0. The third kappa shape index (κ3) is 5.77. The molecule has 0 aromatic heterocycles. The molecule has 10 heteroatoms. The Morgan fingerprint density at radius 3 is 2.41 bits per heavy atom. The Balaban J connectivity index is 1.73. The SMILES string of the molecule is CN(C)C(=O)Sc1ccccc1NC(=O)c1ccc(Oc2ccc(Cl)cc2[N+](=O)[O-])cc1. The molecule has 0 aliphatic heterocycles. The number of para-hydroxylation sites is 1. The van der Waals surface area contributed by atoms with Gasteiger partial charge in [0, 0.05) is 35.6 Å². The number of nitro benzene ring substituents is 1. The smallest absolute Gasteiger partial charge is 0.313 e. The van der Waals surface area contributed by atoms with Gasteiger partial charge in [0.15, 0.2) is 0 Å². The summed E-state index contributed by atoms with van der Waals surface area (Å²) in [7, 11) is 3.30. The molecule has 0 radical (unpaired) electrons. The van der Waals surface area contributed by atoms with E-state index >= 15 is 0 Å². The number of thioether (sulfide) groups is 1. The van der Waals surface area contributed by atoms with Gasteiger partial charge in [-0.05, 0) is 60.3 Å². The van der Waals surface area contributed by atoms with Gasteiger partial charge in [0.25, 0.3) is 11.1 Å². The van der Waals surface area contributed by atoms with Gasteiger partial charge in [-0.15, -0.1) is 0 Å². The fourth-order valence-corrected chi connectivity index (χ4v) is 3.47. The quantitative estimate of drug-likeness (QED) is 0.266. The summed E-state index contributed by atoms with van der Waals surface area (Å²) >= 11 is 6.82. The van der Waals surface area contributed by atoms with E-state index in [4.69, 9.17) is 16.3 Å². The molecule has 0 unspecified atom stereocenters. The Morgan fingerprint density at radius 1 is 1.06 bits per heavy atom. The summed E-state index contributed by atoms with van der Waals surface area (Å²) in [5.74, 6) is -0.0213. The minimum absolute atomic E-state index is 0.0353. The van der Waals surface area contributed by atoms with Gasteiger partial charge in [-0.3, -0.25) is 19.7 Å². The van der Waals surface area contributed by atoms with Crippen molar-refractivity contribution in [2.45, 2.75) is 4.90 Å². The van der Waals surface area contributed by atoms with E-state index in [-0.39, 0.29) is 27.6 Å². The van der Waals surface area contributed by atoms with Crippen molar-refractivity contribution in [3.63, 3.8) is 0 Å². The summed E-state index contributed by atoms with van der Waals surface area (Å²) in [6, 6.07) is 17.2. The molecule has 1 N–H and O–H groups in total. The average molecular weight is 472 g/mol. The minimum Gasteiger partial charge on any atom is -0.450 e. The number of halogens is 1. The zero-order valence-electron chi connectivity index (χ0n) is 17.1. The average Bonchev–Trinajstić information content (AvgIpc) is 2.76. The highest BCUT2D eigenvalue weighted by Gasteiger charge is 2.17. The number of nitro groups is 1. The molecule has 3 aromatic rings. The van der Waals surface area contributed by atoms with Gasteiger partial charge in [0.1, 0.15) is 5.75 Å². The Kier molecular flexibility index (Phi) is 7.34. The van der Waals surface area contributed by atoms with Gasteiger partial charge in [0.05, 0.1) is 10.6 Å². The molecule has 0 atom stereocenters. The predicted octanol–water partition coefficient (Wildman–Crippen LogP) is 6.07. The first-order chi connectivity index (χ1) is 15.2. The number of nitrogens with one attached hydrogen (secondary N) is 1. The minimum atomic E-state index is -0.584. The number of benzene rings is 3. The Hall–Kier alpha value is -3.56. The van der Waals surface area contributed by atoms with Crippen LogP contribution in [-0.4, -0.2) is 35.1 Å². The third-order valence-corrected chi connectivity index (χ3v) is 5.51. The van der Waals surface area contributed by atoms with E-state index in [9.17, 15) is 19.7 Å². The lowest BCUT2D eigenvalue weighted by molar-refractivity contribution is -0.385. The van der Waals surface area contributed by atoms with Crippen LogP contribution in [0.15, 0.2) is 71.6 Å². The Morgan fingerprint density at radius 2 is 1.75 bits per heavy atom. The van der Waals surface area contributed by atoms with Gasteiger partial charge in [-0.25, -0.2) is 0 Å². The maximum absolute atomic E-state index is 12.7. The lowest BCUT2D eigenvalue weighted by atomic mass is 10.2. The van der Waals surface area contributed by atoms with Crippen molar-refractivity contribution in [2.24, 2.45) is 0 Å². The number of nitrogens with zero attached hydrogens (tertiary/aromatic N) is 2. The first kappa shape index (κ1) is 23.1. The van der Waals surface area contributed by atoms with Crippen LogP contribution >= 0.6 is 23.4 Å². The zero-order valence-corrected chi connectivity index (χ0v) is 18.6. The van der Waals surface area contributed by atoms with Crippen LogP contribution in [0.4, 0.5) is 16.2 Å². The molecule has 0 spiro atoms. The summed E-state index contributed by atoms with van der Waals surface area (Å²) in [5, 5.41) is 14.1. The number of carbonyl (C=O) groups is 2. The fraction of sp³-hybridized carbons (Fsp3) is 0.0909. The molecular weight excluding hydrogens is 454 g/mol. The summed E-state index contributed by atoms with van der Waals surface area (Å²) in [4.78, 5) is 37.4. The number of hydrogen-bond donors (Lipinski definition) is 1. The molecule has 0 bridgehead atoms. The van der Waals surface area contributed by atoms with Crippen molar-refractivity contribution >= 4 is 45.9 Å². The number of anilines is 1. The van der Waals surface area contributed by atoms with Crippen molar-refractivity contribution in [3.05, 3.63) is 87.4 Å². The first-order valence-corrected chi connectivity index (χ1v) is 10.5. The van der Waals surface area contributed by atoms with E-state index < -0.39 is 4.92 Å². The molecular formula is C22H18ClN3O5S. The normalized spacial score (nSPS) is 10.3. The molecule has 3 aromatic carbocycles. The van der Waals surface area contributed by atoms with E-state index in [0.717, 1.165) is 11.8 Å². The molecule has 0 saturated carbocycles. The molecule has 3 rings (SSSR count). The van der Waals surface area contributed by atoms with Crippen molar-refractivity contribution in [3.8, 4) is 11.5 Å². The second-order valence-corrected chi connectivity index (χ2v) is 8.14. The monoisotopic (exact) mass is 471 g/mol. The molecule has 0 aliphatic rings. The van der Waals surface area contributed by atoms with Crippen LogP contribution in [0.3, 0.4) is 0 Å². The van der Waals surface area contributed by atoms with Crippen LogP contribution in [0, 0.1) is 10.1 Å². The number of carbonyl (C=O) groups excluding carboxylic acids is 2. The molecule has 0 heterocycles. The van der Waals surface area contributed by atoms with Crippen molar-refractivity contribution in [1.29, 1.82) is 0 Å². The van der Waals surface area contributed by atoms with Crippen molar-refractivity contribution in [2.75, 3.05) is 19.4 Å². The number of amides is 2. The van der Waals surface area contributed by atoms with Crippen LogP contribution in [0.5, 0.6) is 11.5 Å². The van der Waals surface area contributed by atoms with E-state index in [2.05, 4.69) is 5.32 Å². The lowest BCUT2D eigenvalue weighted by Crippen LogP contribution is -2.17. The van der Waals surface area contributed by atoms with Crippen LogP contribution in [0.25, 0.3) is 0 Å². The topological polar surface area (TPSA) is 102 Å². The van der Waals surface area contributed by atoms with E-state index in [1.807, 2.05) is 0 Å². The molecule has 32 heavy (non-hydrogen) atoms. The maximum Gasteiger partial charge on any atom is 0.313 e. The predicted molar refractivity (Wildman–Crippen MR) is 124 cm³/mol. The zero-order chi connectivity index (χ0) is 23.3. The highest BCUT2D eigenvalue weighted by atomic mass is 35.5.